The molecule has 0 saturated carbocycles. The number of hydrogen-bond donors (Lipinski definition) is 0. The number of nitrogens with zero attached hydrogens (tertiary/aromatic N) is 1. The largest absolute Gasteiger partial charge is 0.300 e. The molecule has 1 rings (SSSR count). The molecule has 0 unspecified atom stereocenters. The van der Waals surface area contributed by atoms with Crippen LogP contribution in [0.4, 0.5) is 0 Å². The lowest BCUT2D eigenvalue weighted by Crippen LogP contribution is -2.34. The van der Waals surface area contributed by atoms with Gasteiger partial charge in [0.15, 0.2) is 0 Å². The Morgan fingerprint density at radius 2 is 2.00 bits per heavy atom. The van der Waals surface area contributed by atoms with Gasteiger partial charge in [0.05, 0.1) is 5.41 Å². The molecule has 0 aromatic rings. The highest BCUT2D eigenvalue weighted by Crippen LogP contribution is 2.31. The molecule has 0 atom stereocenters. The van der Waals surface area contributed by atoms with Crippen molar-refractivity contribution in [3.63, 3.8) is 0 Å². The summed E-state index contributed by atoms with van der Waals surface area (Å²) in [6.07, 6.45) is 1.84. The molecule has 0 aromatic heterocycles. The van der Waals surface area contributed by atoms with E-state index in [-0.39, 0.29) is 24.0 Å². The molecule has 0 aliphatic carbocycles. The molecule has 1 aliphatic rings. The van der Waals surface area contributed by atoms with Crippen LogP contribution in [0.25, 0.3) is 0 Å². The first-order chi connectivity index (χ1) is 7.38. The quantitative estimate of drug-likeness (QED) is 0.667. The maximum atomic E-state index is 11.8. The lowest BCUT2D eigenvalue weighted by molar-refractivity contribution is -0.141. The smallest absolute Gasteiger partial charge is 0.235 e. The fourth-order valence-electron chi connectivity index (χ4n) is 1.87. The minimum Gasteiger partial charge on any atom is -0.300 e. The van der Waals surface area contributed by atoms with Crippen LogP contribution in [0, 0.1) is 5.41 Å². The molecular formula is C12H19NO3. The van der Waals surface area contributed by atoms with Crippen LogP contribution in [-0.2, 0) is 14.4 Å². The van der Waals surface area contributed by atoms with Gasteiger partial charge in [0.25, 0.3) is 0 Å². The standard InChI is InChI=1S/C12H19NO3/c1-4-9(14)6-5-7-13-10(15)8-12(2,3)11(13)16/h4-8H2,1-3H3. The summed E-state index contributed by atoms with van der Waals surface area (Å²) < 4.78 is 0. The number of rotatable bonds is 5. The van der Waals surface area contributed by atoms with Gasteiger partial charge in [0.2, 0.25) is 11.8 Å². The molecule has 1 heterocycles. The van der Waals surface area contributed by atoms with Crippen LogP contribution >= 0.6 is 0 Å². The van der Waals surface area contributed by atoms with Gasteiger partial charge in [-0.3, -0.25) is 19.3 Å². The minimum absolute atomic E-state index is 0.110. The number of amides is 2. The molecule has 0 spiro atoms. The molecule has 0 aromatic carbocycles. The lowest BCUT2D eigenvalue weighted by Gasteiger charge is -2.17. The highest BCUT2D eigenvalue weighted by atomic mass is 16.2. The van der Waals surface area contributed by atoms with Crippen molar-refractivity contribution in [1.82, 2.24) is 4.90 Å². The Labute approximate surface area is 96.0 Å². The van der Waals surface area contributed by atoms with Crippen LogP contribution in [0.5, 0.6) is 0 Å². The predicted molar refractivity (Wildman–Crippen MR) is 59.7 cm³/mol. The first-order valence-corrected chi connectivity index (χ1v) is 5.75. The first-order valence-electron chi connectivity index (χ1n) is 5.75. The van der Waals surface area contributed by atoms with Crippen LogP contribution in [0.15, 0.2) is 0 Å². The van der Waals surface area contributed by atoms with E-state index in [1.165, 1.54) is 4.90 Å². The second kappa shape index (κ2) is 4.76. The zero-order valence-electron chi connectivity index (χ0n) is 10.2. The molecule has 4 heteroatoms. The molecule has 1 saturated heterocycles. The maximum Gasteiger partial charge on any atom is 0.235 e. The van der Waals surface area contributed by atoms with Gasteiger partial charge in [-0.2, -0.15) is 0 Å². The van der Waals surface area contributed by atoms with Gasteiger partial charge < -0.3 is 0 Å². The minimum atomic E-state index is -0.564. The van der Waals surface area contributed by atoms with E-state index < -0.39 is 5.41 Å². The summed E-state index contributed by atoms with van der Waals surface area (Å²) in [5, 5.41) is 0. The molecule has 90 valence electrons. The van der Waals surface area contributed by atoms with Crippen LogP contribution in [0.1, 0.15) is 46.5 Å². The lowest BCUT2D eigenvalue weighted by atomic mass is 9.92. The summed E-state index contributed by atoms with van der Waals surface area (Å²) in [5.41, 5.74) is -0.564. The average Bonchev–Trinajstić information content (AvgIpc) is 2.39. The second-order valence-corrected chi connectivity index (χ2v) is 4.91. The van der Waals surface area contributed by atoms with Crippen LogP contribution in [0.3, 0.4) is 0 Å². The van der Waals surface area contributed by atoms with Gasteiger partial charge in [0, 0.05) is 25.8 Å². The SMILES string of the molecule is CCC(=O)CCCN1C(=O)CC(C)(C)C1=O. The van der Waals surface area contributed by atoms with E-state index in [0.29, 0.717) is 25.8 Å². The fourth-order valence-corrected chi connectivity index (χ4v) is 1.87. The van der Waals surface area contributed by atoms with E-state index in [1.807, 2.05) is 6.92 Å². The van der Waals surface area contributed by atoms with Gasteiger partial charge in [-0.15, -0.1) is 0 Å². The third kappa shape index (κ3) is 2.68. The van der Waals surface area contributed by atoms with Crippen molar-refractivity contribution in [3.8, 4) is 0 Å². The highest BCUT2D eigenvalue weighted by molar-refractivity contribution is 6.05. The molecule has 1 fully saturated rings. The number of carbonyl (C=O) groups is 3. The van der Waals surface area contributed by atoms with Crippen molar-refractivity contribution in [3.05, 3.63) is 0 Å². The Balaban J connectivity index is 2.47. The number of Topliss-reactive ketones (excluding diaryl/α,β-unsaturated/α-hetero) is 1. The van der Waals surface area contributed by atoms with Gasteiger partial charge in [-0.05, 0) is 6.42 Å². The second-order valence-electron chi connectivity index (χ2n) is 4.91. The van der Waals surface area contributed by atoms with E-state index in [0.717, 1.165) is 0 Å². The van der Waals surface area contributed by atoms with Crippen LogP contribution in [-0.4, -0.2) is 29.0 Å². The van der Waals surface area contributed by atoms with E-state index in [4.69, 9.17) is 0 Å². The Hall–Kier alpha value is -1.19. The van der Waals surface area contributed by atoms with Crippen molar-refractivity contribution in [2.24, 2.45) is 5.41 Å². The molecule has 4 nitrogen and oxygen atoms in total. The molecule has 0 bridgehead atoms. The summed E-state index contributed by atoms with van der Waals surface area (Å²) in [6.45, 7) is 5.76. The average molecular weight is 225 g/mol. The summed E-state index contributed by atoms with van der Waals surface area (Å²) in [7, 11) is 0. The highest BCUT2D eigenvalue weighted by Gasteiger charge is 2.44. The summed E-state index contributed by atoms with van der Waals surface area (Å²) in [5.74, 6) is -0.0428. The van der Waals surface area contributed by atoms with Crippen LogP contribution in [0.2, 0.25) is 0 Å². The zero-order chi connectivity index (χ0) is 12.3. The Morgan fingerprint density at radius 3 is 2.44 bits per heavy atom. The molecular weight excluding hydrogens is 206 g/mol. The zero-order valence-corrected chi connectivity index (χ0v) is 10.2. The molecule has 16 heavy (non-hydrogen) atoms. The molecule has 0 N–H and O–H groups in total. The number of likely N-dealkylation sites (tertiary alicyclic amines) is 1. The monoisotopic (exact) mass is 225 g/mol. The molecule has 0 radical (unpaired) electrons. The van der Waals surface area contributed by atoms with Gasteiger partial charge in [-0.25, -0.2) is 0 Å². The van der Waals surface area contributed by atoms with E-state index in [9.17, 15) is 14.4 Å². The van der Waals surface area contributed by atoms with Gasteiger partial charge in [-0.1, -0.05) is 20.8 Å². The van der Waals surface area contributed by atoms with E-state index in [2.05, 4.69) is 0 Å². The van der Waals surface area contributed by atoms with Crippen molar-refractivity contribution < 1.29 is 14.4 Å². The topological polar surface area (TPSA) is 54.5 Å². The maximum absolute atomic E-state index is 11.8. The van der Waals surface area contributed by atoms with Gasteiger partial charge >= 0.3 is 0 Å². The summed E-state index contributed by atoms with van der Waals surface area (Å²) >= 11 is 0. The Morgan fingerprint density at radius 1 is 1.38 bits per heavy atom. The Kier molecular flexibility index (Phi) is 3.83. The third-order valence-electron chi connectivity index (χ3n) is 2.95. The number of imide groups is 1. The van der Waals surface area contributed by atoms with Crippen LogP contribution < -0.4 is 0 Å². The third-order valence-corrected chi connectivity index (χ3v) is 2.95. The fraction of sp³-hybridized carbons (Fsp3) is 0.750. The van der Waals surface area contributed by atoms with Crippen molar-refractivity contribution >= 4 is 17.6 Å². The number of hydrogen-bond acceptors (Lipinski definition) is 3. The molecule has 1 aliphatic heterocycles. The summed E-state index contributed by atoms with van der Waals surface area (Å²) in [6, 6.07) is 0. The van der Waals surface area contributed by atoms with Crippen molar-refractivity contribution in [2.45, 2.75) is 46.5 Å². The van der Waals surface area contributed by atoms with E-state index >= 15 is 0 Å². The first kappa shape index (κ1) is 12.9. The summed E-state index contributed by atoms with van der Waals surface area (Å²) in [4.78, 5) is 35.8. The molecule has 2 amide bonds. The van der Waals surface area contributed by atoms with Crippen molar-refractivity contribution in [1.29, 1.82) is 0 Å². The number of ketones is 1. The van der Waals surface area contributed by atoms with Crippen molar-refractivity contribution in [2.75, 3.05) is 6.54 Å². The predicted octanol–water partition coefficient (Wildman–Crippen LogP) is 1.53. The van der Waals surface area contributed by atoms with Gasteiger partial charge in [0.1, 0.15) is 5.78 Å². The van der Waals surface area contributed by atoms with E-state index in [1.54, 1.807) is 13.8 Å². The number of carbonyl (C=O) groups excluding carboxylic acids is 3. The normalized spacial score (nSPS) is 19.3. The Bertz CT molecular complexity index is 320.